The quantitative estimate of drug-likeness (QED) is 0.766. The predicted octanol–water partition coefficient (Wildman–Crippen LogP) is 1.90. The van der Waals surface area contributed by atoms with Crippen LogP contribution in [0.5, 0.6) is 0 Å². The molecule has 0 aromatic carbocycles. The maximum Gasteiger partial charge on any atom is 0.106 e. The molecule has 0 unspecified atom stereocenters. The van der Waals surface area contributed by atoms with Crippen molar-refractivity contribution in [3.8, 4) is 0 Å². The van der Waals surface area contributed by atoms with E-state index < -0.39 is 0 Å². The summed E-state index contributed by atoms with van der Waals surface area (Å²) in [6.45, 7) is 2.09. The molecule has 0 saturated heterocycles. The summed E-state index contributed by atoms with van der Waals surface area (Å²) in [5.41, 5.74) is 1.87. The van der Waals surface area contributed by atoms with Crippen LogP contribution in [0.15, 0.2) is 16.7 Å². The summed E-state index contributed by atoms with van der Waals surface area (Å²) >= 11 is 3.27. The highest BCUT2D eigenvalue weighted by Gasteiger charge is 2.00. The van der Waals surface area contributed by atoms with Gasteiger partial charge in [0.2, 0.25) is 0 Å². The van der Waals surface area contributed by atoms with E-state index in [4.69, 9.17) is 5.11 Å². The summed E-state index contributed by atoms with van der Waals surface area (Å²) in [4.78, 5) is 4.22. The van der Waals surface area contributed by atoms with Crippen LogP contribution >= 0.6 is 15.9 Å². The van der Waals surface area contributed by atoms with E-state index in [1.165, 1.54) is 0 Å². The molecule has 0 aliphatic rings. The molecule has 0 bridgehead atoms. The van der Waals surface area contributed by atoms with Gasteiger partial charge >= 0.3 is 0 Å². The highest BCUT2D eigenvalue weighted by atomic mass is 79.9. The van der Waals surface area contributed by atoms with Gasteiger partial charge in [0, 0.05) is 5.69 Å². The van der Waals surface area contributed by atoms with Crippen molar-refractivity contribution in [1.82, 2.24) is 4.98 Å². The van der Waals surface area contributed by atoms with Crippen molar-refractivity contribution >= 4 is 15.9 Å². The van der Waals surface area contributed by atoms with Crippen molar-refractivity contribution in [3.63, 3.8) is 0 Å². The van der Waals surface area contributed by atoms with Gasteiger partial charge in [-0.25, -0.2) is 4.98 Å². The zero-order valence-electron chi connectivity index (χ0n) is 6.34. The minimum Gasteiger partial charge on any atom is -0.392 e. The summed E-state index contributed by atoms with van der Waals surface area (Å²) in [5.74, 6) is 0. The normalized spacial score (nSPS) is 10.1. The lowest BCUT2D eigenvalue weighted by atomic mass is 10.2. The standard InChI is InChI=1S/C8H10BrNO/c1-2-7-6(5-11)3-4-8(9)10-7/h3-4,11H,2,5H2,1H3. The van der Waals surface area contributed by atoms with Crippen molar-refractivity contribution in [2.45, 2.75) is 20.0 Å². The molecule has 1 N–H and O–H groups in total. The molecule has 0 atom stereocenters. The van der Waals surface area contributed by atoms with Crippen LogP contribution in [-0.4, -0.2) is 10.1 Å². The average Bonchev–Trinajstić information content (AvgIpc) is 2.04. The lowest BCUT2D eigenvalue weighted by Gasteiger charge is -2.02. The Kier molecular flexibility index (Phi) is 3.02. The van der Waals surface area contributed by atoms with Crippen LogP contribution < -0.4 is 0 Å². The molecule has 2 nitrogen and oxygen atoms in total. The number of aromatic nitrogens is 1. The van der Waals surface area contributed by atoms with Crippen molar-refractivity contribution in [2.24, 2.45) is 0 Å². The Balaban J connectivity index is 3.06. The summed E-state index contributed by atoms with van der Waals surface area (Å²) in [7, 11) is 0. The zero-order valence-corrected chi connectivity index (χ0v) is 7.93. The first-order valence-corrected chi connectivity index (χ1v) is 4.32. The molecule has 1 aromatic rings. The van der Waals surface area contributed by atoms with Gasteiger partial charge in [-0.15, -0.1) is 0 Å². The molecule has 0 saturated carbocycles. The van der Waals surface area contributed by atoms with Crippen LogP contribution in [0.2, 0.25) is 0 Å². The fourth-order valence-electron chi connectivity index (χ4n) is 0.954. The fraction of sp³-hybridized carbons (Fsp3) is 0.375. The highest BCUT2D eigenvalue weighted by molar-refractivity contribution is 9.10. The number of halogens is 1. The lowest BCUT2D eigenvalue weighted by Crippen LogP contribution is -1.95. The Morgan fingerprint density at radius 3 is 2.82 bits per heavy atom. The minimum absolute atomic E-state index is 0.0729. The van der Waals surface area contributed by atoms with Gasteiger partial charge in [-0.1, -0.05) is 13.0 Å². The van der Waals surface area contributed by atoms with Crippen LogP contribution in [0.1, 0.15) is 18.2 Å². The number of pyridine rings is 1. The van der Waals surface area contributed by atoms with Gasteiger partial charge in [0.15, 0.2) is 0 Å². The van der Waals surface area contributed by atoms with Crippen molar-refractivity contribution in [1.29, 1.82) is 0 Å². The molecular formula is C8H10BrNO. The van der Waals surface area contributed by atoms with Gasteiger partial charge in [0.05, 0.1) is 6.61 Å². The summed E-state index contributed by atoms with van der Waals surface area (Å²) in [6, 6.07) is 3.72. The number of aliphatic hydroxyl groups excluding tert-OH is 1. The number of nitrogens with zero attached hydrogens (tertiary/aromatic N) is 1. The van der Waals surface area contributed by atoms with Crippen LogP contribution in [-0.2, 0) is 13.0 Å². The first kappa shape index (κ1) is 8.68. The Bertz CT molecular complexity index is 250. The van der Waals surface area contributed by atoms with E-state index in [1.807, 2.05) is 19.1 Å². The fourth-order valence-corrected chi connectivity index (χ4v) is 1.30. The second-order valence-electron chi connectivity index (χ2n) is 2.25. The topological polar surface area (TPSA) is 33.1 Å². The maximum atomic E-state index is 8.89. The molecule has 1 heterocycles. The van der Waals surface area contributed by atoms with Gasteiger partial charge in [0.1, 0.15) is 4.60 Å². The average molecular weight is 216 g/mol. The smallest absolute Gasteiger partial charge is 0.106 e. The van der Waals surface area contributed by atoms with E-state index in [0.29, 0.717) is 0 Å². The van der Waals surface area contributed by atoms with Crippen LogP contribution in [0, 0.1) is 0 Å². The molecule has 0 amide bonds. The molecule has 1 aromatic heterocycles. The molecule has 11 heavy (non-hydrogen) atoms. The van der Waals surface area contributed by atoms with Crippen LogP contribution in [0.3, 0.4) is 0 Å². The zero-order chi connectivity index (χ0) is 8.27. The molecule has 0 radical (unpaired) electrons. The van der Waals surface area contributed by atoms with E-state index >= 15 is 0 Å². The second-order valence-corrected chi connectivity index (χ2v) is 3.06. The summed E-state index contributed by atoms with van der Waals surface area (Å²) in [6.07, 6.45) is 0.856. The molecular weight excluding hydrogens is 206 g/mol. The highest BCUT2D eigenvalue weighted by Crippen LogP contribution is 2.12. The Hall–Kier alpha value is -0.410. The van der Waals surface area contributed by atoms with E-state index in [2.05, 4.69) is 20.9 Å². The first-order chi connectivity index (χ1) is 5.27. The molecule has 0 fully saturated rings. The molecule has 60 valence electrons. The molecule has 0 aliphatic heterocycles. The second kappa shape index (κ2) is 3.83. The van der Waals surface area contributed by atoms with Gasteiger partial charge in [0.25, 0.3) is 0 Å². The third kappa shape index (κ3) is 2.01. The monoisotopic (exact) mass is 215 g/mol. The third-order valence-corrected chi connectivity index (χ3v) is 1.98. The van der Waals surface area contributed by atoms with Crippen LogP contribution in [0.4, 0.5) is 0 Å². The molecule has 1 rings (SSSR count). The Labute approximate surface area is 74.4 Å². The molecule has 3 heteroatoms. The van der Waals surface area contributed by atoms with E-state index in [-0.39, 0.29) is 6.61 Å². The molecule has 0 aliphatic carbocycles. The Morgan fingerprint density at radius 1 is 1.55 bits per heavy atom. The SMILES string of the molecule is CCc1nc(Br)ccc1CO. The number of aryl methyl sites for hydroxylation is 1. The predicted molar refractivity (Wildman–Crippen MR) is 47.2 cm³/mol. The van der Waals surface area contributed by atoms with Crippen molar-refractivity contribution in [3.05, 3.63) is 28.0 Å². The van der Waals surface area contributed by atoms with Gasteiger partial charge in [-0.3, -0.25) is 0 Å². The number of hydrogen-bond donors (Lipinski definition) is 1. The number of rotatable bonds is 2. The summed E-state index contributed by atoms with van der Waals surface area (Å²) in [5, 5.41) is 8.89. The first-order valence-electron chi connectivity index (χ1n) is 3.53. The molecule has 0 spiro atoms. The Morgan fingerprint density at radius 2 is 2.27 bits per heavy atom. The third-order valence-electron chi connectivity index (χ3n) is 1.54. The van der Waals surface area contributed by atoms with Crippen molar-refractivity contribution < 1.29 is 5.11 Å². The van der Waals surface area contributed by atoms with Crippen molar-refractivity contribution in [2.75, 3.05) is 0 Å². The van der Waals surface area contributed by atoms with E-state index in [1.54, 1.807) is 0 Å². The summed E-state index contributed by atoms with van der Waals surface area (Å²) < 4.78 is 0.826. The largest absolute Gasteiger partial charge is 0.392 e. The van der Waals surface area contributed by atoms with Gasteiger partial charge in [-0.2, -0.15) is 0 Å². The number of aliphatic hydroxyl groups is 1. The minimum atomic E-state index is 0.0729. The van der Waals surface area contributed by atoms with Crippen LogP contribution in [0.25, 0.3) is 0 Å². The van der Waals surface area contributed by atoms with E-state index in [0.717, 1.165) is 22.3 Å². The van der Waals surface area contributed by atoms with Gasteiger partial charge < -0.3 is 5.11 Å². The maximum absolute atomic E-state index is 8.89. The van der Waals surface area contributed by atoms with Gasteiger partial charge in [-0.05, 0) is 34.0 Å². The van der Waals surface area contributed by atoms with E-state index in [9.17, 15) is 0 Å². The lowest BCUT2D eigenvalue weighted by molar-refractivity contribution is 0.280. The number of hydrogen-bond acceptors (Lipinski definition) is 2.